The molecule has 0 unspecified atom stereocenters. The molecule has 9 heteroatoms. The van der Waals surface area contributed by atoms with Gasteiger partial charge >= 0.3 is 0 Å². The number of rotatable bonds is 5. The molecule has 28 heavy (non-hydrogen) atoms. The second-order valence-corrected chi connectivity index (χ2v) is 7.18. The first-order valence-corrected chi connectivity index (χ1v) is 9.56. The van der Waals surface area contributed by atoms with Crippen LogP contribution in [0.5, 0.6) is 0 Å². The van der Waals surface area contributed by atoms with Crippen LogP contribution in [0.1, 0.15) is 40.9 Å². The minimum absolute atomic E-state index is 0.234. The second kappa shape index (κ2) is 7.67. The van der Waals surface area contributed by atoms with Crippen LogP contribution in [0.2, 0.25) is 0 Å². The van der Waals surface area contributed by atoms with Gasteiger partial charge in [-0.2, -0.15) is 0 Å². The van der Waals surface area contributed by atoms with Crippen LogP contribution in [0.15, 0.2) is 18.2 Å². The highest BCUT2D eigenvalue weighted by Gasteiger charge is 2.22. The number of imidazole rings is 1. The number of halogens is 1. The van der Waals surface area contributed by atoms with Gasteiger partial charge in [-0.3, -0.25) is 4.79 Å². The van der Waals surface area contributed by atoms with Crippen molar-refractivity contribution < 1.29 is 9.18 Å². The lowest BCUT2D eigenvalue weighted by Crippen LogP contribution is -2.30. The quantitative estimate of drug-likeness (QED) is 0.695. The summed E-state index contributed by atoms with van der Waals surface area (Å²) in [5.74, 6) is 0.265. The Labute approximate surface area is 162 Å². The summed E-state index contributed by atoms with van der Waals surface area (Å²) in [6.07, 6.45) is 2.51. The Morgan fingerprint density at radius 1 is 1.36 bits per heavy atom. The highest BCUT2D eigenvalue weighted by Crippen LogP contribution is 2.20. The Morgan fingerprint density at radius 2 is 2.14 bits per heavy atom. The van der Waals surface area contributed by atoms with Crippen molar-refractivity contribution in [2.45, 2.75) is 32.2 Å². The number of nitrogens with one attached hydrogen (secondary N) is 2. The number of hydrogen-bond acceptors (Lipinski definition) is 5. The third-order valence-electron chi connectivity index (χ3n) is 5.37. The first-order valence-electron chi connectivity index (χ1n) is 9.56. The minimum atomic E-state index is -0.289. The van der Waals surface area contributed by atoms with Gasteiger partial charge in [0.15, 0.2) is 5.69 Å². The number of aryl methyl sites for hydroxylation is 1. The molecule has 0 aliphatic carbocycles. The molecule has 3 heterocycles. The largest absolute Gasteiger partial charge is 0.350 e. The summed E-state index contributed by atoms with van der Waals surface area (Å²) in [6, 6.07) is 4.81. The lowest BCUT2D eigenvalue weighted by molar-refractivity contribution is 0.0948. The van der Waals surface area contributed by atoms with Gasteiger partial charge in [0.1, 0.15) is 11.6 Å². The number of piperidine rings is 1. The number of carbonyl (C=O) groups excluding carboxylic acids is 1. The van der Waals surface area contributed by atoms with Crippen molar-refractivity contribution in [2.75, 3.05) is 19.6 Å². The Balaban J connectivity index is 1.40. The molecule has 1 aromatic carbocycles. The van der Waals surface area contributed by atoms with E-state index in [1.807, 2.05) is 23.2 Å². The molecule has 8 nitrogen and oxygen atoms in total. The smallest absolute Gasteiger partial charge is 0.273 e. The number of amides is 1. The van der Waals surface area contributed by atoms with Crippen molar-refractivity contribution in [1.82, 2.24) is 35.2 Å². The molecule has 1 aliphatic rings. The summed E-state index contributed by atoms with van der Waals surface area (Å²) < 4.78 is 17.2. The molecule has 0 saturated carbocycles. The number of hydrogen-bond donors (Lipinski definition) is 2. The molecule has 1 fully saturated rings. The summed E-state index contributed by atoms with van der Waals surface area (Å²) in [4.78, 5) is 17.1. The molecule has 1 saturated heterocycles. The number of aromatic nitrogens is 5. The van der Waals surface area contributed by atoms with Gasteiger partial charge in [-0.05, 0) is 51.1 Å². The van der Waals surface area contributed by atoms with Crippen LogP contribution in [-0.2, 0) is 13.5 Å². The van der Waals surface area contributed by atoms with Gasteiger partial charge in [0.05, 0.1) is 22.8 Å². The summed E-state index contributed by atoms with van der Waals surface area (Å²) >= 11 is 0. The maximum atomic E-state index is 13.4. The van der Waals surface area contributed by atoms with E-state index in [1.54, 1.807) is 6.07 Å². The Kier molecular flexibility index (Phi) is 5.08. The molecule has 0 radical (unpaired) electrons. The summed E-state index contributed by atoms with van der Waals surface area (Å²) in [6.45, 7) is 4.20. The molecule has 0 bridgehead atoms. The molecule has 4 rings (SSSR count). The molecule has 3 aromatic rings. The fourth-order valence-corrected chi connectivity index (χ4v) is 3.76. The predicted molar refractivity (Wildman–Crippen MR) is 103 cm³/mol. The van der Waals surface area contributed by atoms with Crippen molar-refractivity contribution >= 4 is 16.9 Å². The molecule has 2 aromatic heterocycles. The fourth-order valence-electron chi connectivity index (χ4n) is 3.76. The van der Waals surface area contributed by atoms with Crippen LogP contribution in [-0.4, -0.2) is 50.1 Å². The van der Waals surface area contributed by atoms with Gasteiger partial charge in [-0.25, -0.2) is 14.1 Å². The molecule has 1 aliphatic heterocycles. The Hall–Kier alpha value is -2.81. The molecule has 1 amide bonds. The predicted octanol–water partition coefficient (Wildman–Crippen LogP) is 1.51. The van der Waals surface area contributed by atoms with Gasteiger partial charge in [-0.1, -0.05) is 5.21 Å². The topological polar surface area (TPSA) is 89.7 Å². The maximum absolute atomic E-state index is 13.4. The number of fused-ring (bicyclic) bond motifs is 1. The van der Waals surface area contributed by atoms with E-state index in [1.165, 1.54) is 12.1 Å². The lowest BCUT2D eigenvalue weighted by atomic mass is 10.1. The average molecular weight is 385 g/mol. The normalized spacial score (nSPS) is 15.2. The fraction of sp³-hybridized carbons (Fsp3) is 0.474. The molecule has 0 atom stereocenters. The zero-order chi connectivity index (χ0) is 19.7. The average Bonchev–Trinajstić information content (AvgIpc) is 3.23. The van der Waals surface area contributed by atoms with Gasteiger partial charge in [0.2, 0.25) is 0 Å². The van der Waals surface area contributed by atoms with E-state index in [0.29, 0.717) is 18.7 Å². The van der Waals surface area contributed by atoms with Crippen LogP contribution in [0, 0.1) is 12.7 Å². The van der Waals surface area contributed by atoms with Crippen LogP contribution in [0.3, 0.4) is 0 Å². The molecule has 0 spiro atoms. The van der Waals surface area contributed by atoms with E-state index in [4.69, 9.17) is 0 Å². The van der Waals surface area contributed by atoms with E-state index < -0.39 is 0 Å². The van der Waals surface area contributed by atoms with Crippen LogP contribution in [0.25, 0.3) is 11.0 Å². The van der Waals surface area contributed by atoms with Gasteiger partial charge < -0.3 is 15.2 Å². The highest BCUT2D eigenvalue weighted by atomic mass is 19.1. The van der Waals surface area contributed by atoms with Crippen LogP contribution < -0.4 is 10.6 Å². The van der Waals surface area contributed by atoms with E-state index in [2.05, 4.69) is 25.9 Å². The minimum Gasteiger partial charge on any atom is -0.350 e. The Morgan fingerprint density at radius 3 is 2.93 bits per heavy atom. The third-order valence-corrected chi connectivity index (χ3v) is 5.37. The number of benzene rings is 1. The van der Waals surface area contributed by atoms with Crippen molar-refractivity contribution in [2.24, 2.45) is 7.05 Å². The standard InChI is InChI=1S/C19H24FN7O/c1-12-18(24-25-27(12)14-5-8-21-9-6-14)19(28)22-10-7-17-23-15-4-3-13(20)11-16(15)26(17)2/h3-4,11,14,21H,5-10H2,1-2H3,(H,22,28). The SMILES string of the molecule is Cc1c(C(=O)NCCc2nc3ccc(F)cc3n2C)nnn1C1CCNCC1. The Bertz CT molecular complexity index is 1000. The first-order chi connectivity index (χ1) is 13.5. The van der Waals surface area contributed by atoms with Crippen molar-refractivity contribution in [1.29, 1.82) is 0 Å². The number of nitrogens with zero attached hydrogens (tertiary/aromatic N) is 5. The third kappa shape index (κ3) is 3.49. The van der Waals surface area contributed by atoms with E-state index in [-0.39, 0.29) is 17.8 Å². The van der Waals surface area contributed by atoms with Crippen LogP contribution >= 0.6 is 0 Å². The molecule has 2 N–H and O–H groups in total. The zero-order valence-corrected chi connectivity index (χ0v) is 16.1. The van der Waals surface area contributed by atoms with Gasteiger partial charge in [0, 0.05) is 20.0 Å². The lowest BCUT2D eigenvalue weighted by Gasteiger charge is -2.23. The second-order valence-electron chi connectivity index (χ2n) is 7.18. The summed E-state index contributed by atoms with van der Waals surface area (Å²) in [5, 5.41) is 14.5. The molecule has 148 valence electrons. The first kappa shape index (κ1) is 18.5. The van der Waals surface area contributed by atoms with E-state index in [0.717, 1.165) is 48.5 Å². The molecular weight excluding hydrogens is 361 g/mol. The summed E-state index contributed by atoms with van der Waals surface area (Å²) in [5.41, 5.74) is 2.64. The van der Waals surface area contributed by atoms with Gasteiger partial charge in [-0.15, -0.1) is 5.10 Å². The maximum Gasteiger partial charge on any atom is 0.273 e. The van der Waals surface area contributed by atoms with Gasteiger partial charge in [0.25, 0.3) is 5.91 Å². The van der Waals surface area contributed by atoms with Crippen molar-refractivity contribution in [3.8, 4) is 0 Å². The van der Waals surface area contributed by atoms with E-state index >= 15 is 0 Å². The zero-order valence-electron chi connectivity index (χ0n) is 16.1. The molecular formula is C19H24FN7O. The highest BCUT2D eigenvalue weighted by molar-refractivity contribution is 5.93. The van der Waals surface area contributed by atoms with E-state index in [9.17, 15) is 9.18 Å². The summed E-state index contributed by atoms with van der Waals surface area (Å²) in [7, 11) is 1.85. The van der Waals surface area contributed by atoms with Crippen molar-refractivity contribution in [3.05, 3.63) is 41.2 Å². The number of carbonyl (C=O) groups is 1. The van der Waals surface area contributed by atoms with Crippen LogP contribution in [0.4, 0.5) is 4.39 Å². The van der Waals surface area contributed by atoms with Crippen molar-refractivity contribution in [3.63, 3.8) is 0 Å². The monoisotopic (exact) mass is 385 g/mol.